The Morgan fingerprint density at radius 2 is 2.17 bits per heavy atom. The van der Waals surface area contributed by atoms with Gasteiger partial charge in [-0.3, -0.25) is 0 Å². The Morgan fingerprint density at radius 1 is 1.33 bits per heavy atom. The predicted octanol–water partition coefficient (Wildman–Crippen LogP) is 3.09. The van der Waals surface area contributed by atoms with E-state index < -0.39 is 5.97 Å². The lowest BCUT2D eigenvalue weighted by molar-refractivity contribution is 0.0697. The van der Waals surface area contributed by atoms with Crippen molar-refractivity contribution in [2.75, 3.05) is 0 Å². The monoisotopic (exact) mass is 243 g/mol. The Labute approximate surface area is 102 Å². The number of nitrogens with zero attached hydrogens (tertiary/aromatic N) is 1. The quantitative estimate of drug-likeness (QED) is 0.748. The van der Waals surface area contributed by atoms with E-state index in [9.17, 15) is 4.79 Å². The smallest absolute Gasteiger partial charge is 0.335 e. The van der Waals surface area contributed by atoms with Crippen molar-refractivity contribution in [3.8, 4) is 11.5 Å². The molecular formula is C13H9NO4. The van der Waals surface area contributed by atoms with Gasteiger partial charge in [0.1, 0.15) is 11.3 Å². The minimum absolute atomic E-state index is 0.186. The summed E-state index contributed by atoms with van der Waals surface area (Å²) in [7, 11) is 0. The Morgan fingerprint density at radius 3 is 2.83 bits per heavy atom. The number of furan rings is 1. The summed E-state index contributed by atoms with van der Waals surface area (Å²) in [6, 6.07) is 6.34. The van der Waals surface area contributed by atoms with Crippen molar-refractivity contribution in [2.24, 2.45) is 0 Å². The van der Waals surface area contributed by atoms with Gasteiger partial charge in [-0.2, -0.15) is 0 Å². The summed E-state index contributed by atoms with van der Waals surface area (Å²) in [5, 5.41) is 8.91. The number of rotatable bonds is 2. The fourth-order valence-corrected chi connectivity index (χ4v) is 1.78. The molecule has 3 aromatic rings. The maximum absolute atomic E-state index is 10.9. The Bertz CT molecular complexity index is 738. The summed E-state index contributed by atoms with van der Waals surface area (Å²) < 4.78 is 10.7. The zero-order valence-electron chi connectivity index (χ0n) is 9.51. The first-order valence-corrected chi connectivity index (χ1v) is 5.33. The van der Waals surface area contributed by atoms with Crippen molar-refractivity contribution < 1.29 is 18.7 Å². The van der Waals surface area contributed by atoms with Gasteiger partial charge in [-0.05, 0) is 31.2 Å². The lowest BCUT2D eigenvalue weighted by Crippen LogP contribution is -1.94. The molecule has 5 heteroatoms. The number of fused-ring (bicyclic) bond motifs is 1. The topological polar surface area (TPSA) is 76.5 Å². The SMILES string of the molecule is Cc1occc1-c1nc2cc(C(=O)O)ccc2o1. The molecule has 0 unspecified atom stereocenters. The van der Waals surface area contributed by atoms with E-state index in [-0.39, 0.29) is 5.56 Å². The molecule has 0 radical (unpaired) electrons. The van der Waals surface area contributed by atoms with E-state index >= 15 is 0 Å². The van der Waals surface area contributed by atoms with Gasteiger partial charge in [0.2, 0.25) is 5.89 Å². The molecule has 18 heavy (non-hydrogen) atoms. The minimum Gasteiger partial charge on any atom is -0.478 e. The van der Waals surface area contributed by atoms with Crippen molar-refractivity contribution in [2.45, 2.75) is 6.92 Å². The molecule has 5 nitrogen and oxygen atoms in total. The Balaban J connectivity index is 2.17. The van der Waals surface area contributed by atoms with Crippen LogP contribution in [0.1, 0.15) is 16.1 Å². The van der Waals surface area contributed by atoms with Crippen LogP contribution < -0.4 is 0 Å². The third-order valence-electron chi connectivity index (χ3n) is 2.72. The van der Waals surface area contributed by atoms with Gasteiger partial charge in [0.25, 0.3) is 0 Å². The number of hydrogen-bond acceptors (Lipinski definition) is 4. The highest BCUT2D eigenvalue weighted by Crippen LogP contribution is 2.27. The third kappa shape index (κ3) is 1.57. The second-order valence-electron chi connectivity index (χ2n) is 3.90. The van der Waals surface area contributed by atoms with Crippen LogP contribution in [-0.4, -0.2) is 16.1 Å². The first-order valence-electron chi connectivity index (χ1n) is 5.33. The molecule has 0 aliphatic heterocycles. The molecule has 2 aromatic heterocycles. The molecule has 90 valence electrons. The van der Waals surface area contributed by atoms with Gasteiger partial charge >= 0.3 is 5.97 Å². The van der Waals surface area contributed by atoms with E-state index in [0.29, 0.717) is 22.8 Å². The van der Waals surface area contributed by atoms with Crippen LogP contribution in [0, 0.1) is 6.92 Å². The van der Waals surface area contributed by atoms with Gasteiger partial charge in [0.05, 0.1) is 17.4 Å². The summed E-state index contributed by atoms with van der Waals surface area (Å²) in [6.45, 7) is 1.81. The summed E-state index contributed by atoms with van der Waals surface area (Å²) in [6.07, 6.45) is 1.56. The second-order valence-corrected chi connectivity index (χ2v) is 3.90. The number of aromatic carboxylic acids is 1. The van der Waals surface area contributed by atoms with Gasteiger partial charge in [-0.1, -0.05) is 0 Å². The molecule has 0 amide bonds. The number of oxazole rings is 1. The molecule has 1 N–H and O–H groups in total. The van der Waals surface area contributed by atoms with Crippen LogP contribution in [0.25, 0.3) is 22.6 Å². The largest absolute Gasteiger partial charge is 0.478 e. The first kappa shape index (κ1) is 10.6. The molecule has 0 spiro atoms. The highest BCUT2D eigenvalue weighted by molar-refractivity contribution is 5.92. The van der Waals surface area contributed by atoms with E-state index in [0.717, 1.165) is 5.56 Å². The molecule has 0 aliphatic rings. The van der Waals surface area contributed by atoms with Crippen molar-refractivity contribution in [1.82, 2.24) is 4.98 Å². The van der Waals surface area contributed by atoms with Crippen LogP contribution in [0.15, 0.2) is 39.4 Å². The third-order valence-corrected chi connectivity index (χ3v) is 2.72. The molecule has 0 bridgehead atoms. The van der Waals surface area contributed by atoms with Crippen LogP contribution in [0.4, 0.5) is 0 Å². The van der Waals surface area contributed by atoms with Gasteiger partial charge < -0.3 is 13.9 Å². The van der Waals surface area contributed by atoms with E-state index in [2.05, 4.69) is 4.98 Å². The van der Waals surface area contributed by atoms with Crippen molar-refractivity contribution in [1.29, 1.82) is 0 Å². The van der Waals surface area contributed by atoms with E-state index in [1.807, 2.05) is 6.92 Å². The molecule has 1 aromatic carbocycles. The number of carbonyl (C=O) groups is 1. The van der Waals surface area contributed by atoms with Gasteiger partial charge in [-0.25, -0.2) is 9.78 Å². The molecule has 2 heterocycles. The van der Waals surface area contributed by atoms with Gasteiger partial charge in [0.15, 0.2) is 5.58 Å². The lowest BCUT2D eigenvalue weighted by atomic mass is 10.2. The van der Waals surface area contributed by atoms with Gasteiger partial charge in [0, 0.05) is 0 Å². The number of hydrogen-bond donors (Lipinski definition) is 1. The molecule has 3 rings (SSSR count). The average molecular weight is 243 g/mol. The fourth-order valence-electron chi connectivity index (χ4n) is 1.78. The van der Waals surface area contributed by atoms with Crippen molar-refractivity contribution in [3.63, 3.8) is 0 Å². The average Bonchev–Trinajstić information content (AvgIpc) is 2.92. The number of aromatic nitrogens is 1. The number of benzene rings is 1. The van der Waals surface area contributed by atoms with E-state index in [4.69, 9.17) is 13.9 Å². The standard InChI is InChI=1S/C13H9NO4/c1-7-9(4-5-17-7)12-14-10-6-8(13(15)16)2-3-11(10)18-12/h2-6H,1H3,(H,15,16). The van der Waals surface area contributed by atoms with Crippen LogP contribution in [0.5, 0.6) is 0 Å². The molecule has 0 saturated carbocycles. The molecule has 0 atom stereocenters. The van der Waals surface area contributed by atoms with E-state index in [1.54, 1.807) is 18.4 Å². The molecule has 0 aliphatic carbocycles. The summed E-state index contributed by atoms with van der Waals surface area (Å²) in [5.41, 5.74) is 2.02. The molecular weight excluding hydrogens is 234 g/mol. The zero-order chi connectivity index (χ0) is 12.7. The zero-order valence-corrected chi connectivity index (χ0v) is 9.51. The fraction of sp³-hybridized carbons (Fsp3) is 0.0769. The van der Waals surface area contributed by atoms with Crippen molar-refractivity contribution in [3.05, 3.63) is 41.9 Å². The maximum atomic E-state index is 10.9. The first-order chi connectivity index (χ1) is 8.65. The van der Waals surface area contributed by atoms with Crippen LogP contribution in [-0.2, 0) is 0 Å². The number of carboxylic acids is 1. The Hall–Kier alpha value is -2.56. The number of carboxylic acid groups (broad SMARTS) is 1. The maximum Gasteiger partial charge on any atom is 0.335 e. The summed E-state index contributed by atoms with van der Waals surface area (Å²) >= 11 is 0. The van der Waals surface area contributed by atoms with Crippen molar-refractivity contribution >= 4 is 17.1 Å². The highest BCUT2D eigenvalue weighted by atomic mass is 16.4. The normalized spacial score (nSPS) is 10.9. The molecule has 0 fully saturated rings. The predicted molar refractivity (Wildman–Crippen MR) is 63.4 cm³/mol. The number of aryl methyl sites for hydroxylation is 1. The van der Waals surface area contributed by atoms with Gasteiger partial charge in [-0.15, -0.1) is 0 Å². The minimum atomic E-state index is -0.985. The van der Waals surface area contributed by atoms with Crippen LogP contribution >= 0.6 is 0 Å². The lowest BCUT2D eigenvalue weighted by Gasteiger charge is -1.91. The highest BCUT2D eigenvalue weighted by Gasteiger charge is 2.13. The summed E-state index contributed by atoms with van der Waals surface area (Å²) in [5.74, 6) is 0.153. The van der Waals surface area contributed by atoms with Crippen LogP contribution in [0.3, 0.4) is 0 Å². The molecule has 0 saturated heterocycles. The summed E-state index contributed by atoms with van der Waals surface area (Å²) in [4.78, 5) is 15.1. The van der Waals surface area contributed by atoms with Crippen LogP contribution in [0.2, 0.25) is 0 Å². The second kappa shape index (κ2) is 3.73. The Kier molecular flexibility index (Phi) is 2.19. The van der Waals surface area contributed by atoms with E-state index in [1.165, 1.54) is 12.1 Å².